The van der Waals surface area contributed by atoms with Gasteiger partial charge in [-0.1, -0.05) is 0 Å². The molecular weight excluding hydrogens is 313 g/mol. The second kappa shape index (κ2) is 4.34. The van der Waals surface area contributed by atoms with Crippen molar-refractivity contribution in [1.82, 2.24) is 4.57 Å². The molecule has 0 amide bonds. The summed E-state index contributed by atoms with van der Waals surface area (Å²) >= 11 is 3.24. The number of pyridine rings is 1. The van der Waals surface area contributed by atoms with Crippen molar-refractivity contribution in [3.05, 3.63) is 38.3 Å². The van der Waals surface area contributed by atoms with Gasteiger partial charge >= 0.3 is 0 Å². The number of nitrogens with zero attached hydrogens (tertiary/aromatic N) is 1. The molecule has 3 rings (SSSR count). The lowest BCUT2D eigenvalue weighted by molar-refractivity contribution is 0.404. The maximum absolute atomic E-state index is 13.8. The number of benzene rings is 1. The molecule has 1 aliphatic rings. The Kier molecular flexibility index (Phi) is 2.89. The van der Waals surface area contributed by atoms with E-state index in [4.69, 9.17) is 4.74 Å². The normalized spacial score (nSPS) is 14.9. The van der Waals surface area contributed by atoms with Gasteiger partial charge < -0.3 is 9.30 Å². The van der Waals surface area contributed by atoms with E-state index in [0.717, 1.165) is 23.9 Å². The smallest absolute Gasteiger partial charge is 0.293 e. The third kappa shape index (κ3) is 1.87. The third-order valence-electron chi connectivity index (χ3n) is 3.54. The number of hydrogen-bond acceptors (Lipinski definition) is 2. The van der Waals surface area contributed by atoms with Gasteiger partial charge in [-0.3, -0.25) is 4.79 Å². The second-order valence-corrected chi connectivity index (χ2v) is 5.65. The van der Waals surface area contributed by atoms with Crippen molar-refractivity contribution in [1.29, 1.82) is 0 Å². The average molecular weight is 326 g/mol. The Hall–Kier alpha value is -1.36. The van der Waals surface area contributed by atoms with Crippen LogP contribution in [-0.2, 0) is 0 Å². The Morgan fingerprint density at radius 3 is 2.68 bits per heavy atom. The number of rotatable bonds is 2. The minimum Gasteiger partial charge on any atom is -0.491 e. The molecule has 0 radical (unpaired) electrons. The van der Waals surface area contributed by atoms with E-state index in [1.165, 1.54) is 13.2 Å². The highest BCUT2D eigenvalue weighted by molar-refractivity contribution is 9.10. The van der Waals surface area contributed by atoms with Crippen LogP contribution in [0.25, 0.3) is 10.9 Å². The molecule has 0 N–H and O–H groups in total. The number of hydrogen-bond donors (Lipinski definition) is 0. The van der Waals surface area contributed by atoms with E-state index < -0.39 is 0 Å². The molecule has 1 aliphatic carbocycles. The molecule has 0 unspecified atom stereocenters. The van der Waals surface area contributed by atoms with Gasteiger partial charge in [-0.25, -0.2) is 4.39 Å². The van der Waals surface area contributed by atoms with Gasteiger partial charge in [-0.05, 0) is 53.4 Å². The Morgan fingerprint density at radius 1 is 1.42 bits per heavy atom. The van der Waals surface area contributed by atoms with Crippen molar-refractivity contribution < 1.29 is 9.13 Å². The van der Waals surface area contributed by atoms with Gasteiger partial charge in [0.25, 0.3) is 5.56 Å². The van der Waals surface area contributed by atoms with Crippen LogP contribution in [0.15, 0.2) is 21.4 Å². The summed E-state index contributed by atoms with van der Waals surface area (Å²) in [4.78, 5) is 12.4. The largest absolute Gasteiger partial charge is 0.491 e. The SMILES string of the molecule is COc1cc2cc(F)c(Br)c(C)c2n(C2CC2)c1=O. The highest BCUT2D eigenvalue weighted by Gasteiger charge is 2.28. The zero-order valence-electron chi connectivity index (χ0n) is 10.7. The van der Waals surface area contributed by atoms with Crippen molar-refractivity contribution >= 4 is 26.8 Å². The van der Waals surface area contributed by atoms with Gasteiger partial charge in [0.1, 0.15) is 5.82 Å². The Balaban J connectivity index is 2.49. The van der Waals surface area contributed by atoms with Crippen LogP contribution in [0.5, 0.6) is 5.75 Å². The Bertz CT molecular complexity index is 735. The fourth-order valence-electron chi connectivity index (χ4n) is 2.45. The van der Waals surface area contributed by atoms with Crippen LogP contribution < -0.4 is 10.3 Å². The number of fused-ring (bicyclic) bond motifs is 1. The first-order valence-corrected chi connectivity index (χ1v) is 6.91. The highest BCUT2D eigenvalue weighted by atomic mass is 79.9. The first-order chi connectivity index (χ1) is 9.04. The van der Waals surface area contributed by atoms with Gasteiger partial charge in [0.2, 0.25) is 0 Å². The number of aryl methyl sites for hydroxylation is 1. The summed E-state index contributed by atoms with van der Waals surface area (Å²) in [6, 6.07) is 3.26. The monoisotopic (exact) mass is 325 g/mol. The van der Waals surface area contributed by atoms with Crippen molar-refractivity contribution in [2.24, 2.45) is 0 Å². The summed E-state index contributed by atoms with van der Waals surface area (Å²) in [5, 5.41) is 0.696. The predicted molar refractivity (Wildman–Crippen MR) is 75.4 cm³/mol. The van der Waals surface area contributed by atoms with E-state index in [9.17, 15) is 9.18 Å². The van der Waals surface area contributed by atoms with Crippen LogP contribution in [0.2, 0.25) is 0 Å². The molecule has 1 fully saturated rings. The van der Waals surface area contributed by atoms with E-state index in [1.54, 1.807) is 10.6 Å². The van der Waals surface area contributed by atoms with E-state index >= 15 is 0 Å². The van der Waals surface area contributed by atoms with Crippen LogP contribution in [-0.4, -0.2) is 11.7 Å². The van der Waals surface area contributed by atoms with Crippen molar-refractivity contribution in [3.63, 3.8) is 0 Å². The summed E-state index contributed by atoms with van der Waals surface area (Å²) in [5.41, 5.74) is 1.40. The third-order valence-corrected chi connectivity index (χ3v) is 4.51. The van der Waals surface area contributed by atoms with Gasteiger partial charge in [-0.2, -0.15) is 0 Å². The fourth-order valence-corrected chi connectivity index (χ4v) is 2.75. The molecule has 1 heterocycles. The molecule has 100 valence electrons. The van der Waals surface area contributed by atoms with E-state index in [0.29, 0.717) is 9.86 Å². The minimum absolute atomic E-state index is 0.140. The van der Waals surface area contributed by atoms with Gasteiger partial charge in [0, 0.05) is 11.4 Å². The molecule has 0 saturated heterocycles. The van der Waals surface area contributed by atoms with Crippen LogP contribution in [0.4, 0.5) is 4.39 Å². The van der Waals surface area contributed by atoms with Gasteiger partial charge in [-0.15, -0.1) is 0 Å². The molecule has 0 atom stereocenters. The maximum Gasteiger partial charge on any atom is 0.293 e. The standard InChI is InChI=1S/C14H13BrFNO2/c1-7-12(15)10(16)5-8-6-11(19-2)14(18)17(13(7)8)9-3-4-9/h5-6,9H,3-4H2,1-2H3. The molecule has 0 aliphatic heterocycles. The van der Waals surface area contributed by atoms with Crippen LogP contribution in [0.1, 0.15) is 24.4 Å². The van der Waals surface area contributed by atoms with Crippen molar-refractivity contribution in [2.45, 2.75) is 25.8 Å². The zero-order valence-corrected chi connectivity index (χ0v) is 12.3. The number of ether oxygens (including phenoxy) is 1. The lowest BCUT2D eigenvalue weighted by Crippen LogP contribution is -2.21. The van der Waals surface area contributed by atoms with Gasteiger partial charge in [0.05, 0.1) is 17.1 Å². The van der Waals surface area contributed by atoms with Crippen molar-refractivity contribution in [2.75, 3.05) is 7.11 Å². The lowest BCUT2D eigenvalue weighted by Gasteiger charge is -2.15. The molecule has 19 heavy (non-hydrogen) atoms. The number of halogens is 2. The number of methoxy groups -OCH3 is 1. The molecule has 2 aromatic rings. The lowest BCUT2D eigenvalue weighted by atomic mass is 10.1. The molecular formula is C14H13BrFNO2. The maximum atomic E-state index is 13.8. The Labute approximate surface area is 118 Å². The van der Waals surface area contributed by atoms with E-state index in [2.05, 4.69) is 15.9 Å². The van der Waals surface area contributed by atoms with Crippen LogP contribution in [0.3, 0.4) is 0 Å². The fraction of sp³-hybridized carbons (Fsp3) is 0.357. The molecule has 1 saturated carbocycles. The van der Waals surface area contributed by atoms with E-state index in [1.807, 2.05) is 6.92 Å². The molecule has 1 aromatic carbocycles. The minimum atomic E-state index is -0.326. The van der Waals surface area contributed by atoms with Crippen LogP contribution in [0, 0.1) is 12.7 Å². The second-order valence-electron chi connectivity index (χ2n) is 4.85. The Morgan fingerprint density at radius 2 is 2.11 bits per heavy atom. The predicted octanol–water partition coefficient (Wildman–Crippen LogP) is 3.56. The van der Waals surface area contributed by atoms with Crippen molar-refractivity contribution in [3.8, 4) is 5.75 Å². The molecule has 5 heteroatoms. The highest BCUT2D eigenvalue weighted by Crippen LogP contribution is 2.39. The summed E-state index contributed by atoms with van der Waals surface area (Å²) in [5.74, 6) is -0.0615. The summed E-state index contributed by atoms with van der Waals surface area (Å²) in [6.07, 6.45) is 1.97. The average Bonchev–Trinajstić information content (AvgIpc) is 3.20. The summed E-state index contributed by atoms with van der Waals surface area (Å²) in [7, 11) is 1.46. The summed E-state index contributed by atoms with van der Waals surface area (Å²) in [6.45, 7) is 1.82. The first kappa shape index (κ1) is 12.7. The number of aromatic nitrogens is 1. The molecule has 0 bridgehead atoms. The molecule has 0 spiro atoms. The summed E-state index contributed by atoms with van der Waals surface area (Å²) < 4.78 is 21.1. The zero-order chi connectivity index (χ0) is 13.7. The van der Waals surface area contributed by atoms with Gasteiger partial charge in [0.15, 0.2) is 5.75 Å². The first-order valence-electron chi connectivity index (χ1n) is 6.12. The van der Waals surface area contributed by atoms with E-state index in [-0.39, 0.29) is 23.2 Å². The topological polar surface area (TPSA) is 31.2 Å². The molecule has 1 aromatic heterocycles. The molecule has 3 nitrogen and oxygen atoms in total. The quantitative estimate of drug-likeness (QED) is 0.845. The van der Waals surface area contributed by atoms with Crippen LogP contribution >= 0.6 is 15.9 Å².